The van der Waals surface area contributed by atoms with Gasteiger partial charge in [-0.05, 0) is 19.1 Å². The summed E-state index contributed by atoms with van der Waals surface area (Å²) < 4.78 is 21.7. The van der Waals surface area contributed by atoms with E-state index >= 15 is 0 Å². The van der Waals surface area contributed by atoms with Gasteiger partial charge in [-0.1, -0.05) is 12.1 Å². The molecule has 2 N–H and O–H groups in total. The number of primary sulfonamides is 1. The Bertz CT molecular complexity index is 441. The predicted molar refractivity (Wildman–Crippen MR) is 51.5 cm³/mol. The second-order valence-electron chi connectivity index (χ2n) is 2.67. The first kappa shape index (κ1) is 14.6. The van der Waals surface area contributed by atoms with Crippen molar-refractivity contribution in [2.24, 2.45) is 5.14 Å². The molecule has 1 aromatic carbocycles. The summed E-state index contributed by atoms with van der Waals surface area (Å²) in [5, 5.41) is 8.49. The van der Waals surface area contributed by atoms with E-state index in [1.54, 1.807) is 0 Å². The zero-order valence-corrected chi connectivity index (χ0v) is 11.3. The molecule has 0 atom stereocenters. The van der Waals surface area contributed by atoms with Crippen molar-refractivity contribution in [2.75, 3.05) is 0 Å². The van der Waals surface area contributed by atoms with Crippen LogP contribution in [0.4, 0.5) is 5.69 Å². The molecule has 76 valence electrons. The summed E-state index contributed by atoms with van der Waals surface area (Å²) in [7, 11) is -3.67. The van der Waals surface area contributed by atoms with Gasteiger partial charge in [0, 0.05) is 0 Å². The standard InChI is InChI=1S/C8H10N2O3S.Na/c1-6(11)10-7-2-4-8(5-3-7)14(9,12)13;/h2-5H,1H3,(H3,9,10,11,12,13);/q;+1/p-1. The van der Waals surface area contributed by atoms with Crippen LogP contribution in [0.2, 0.25) is 0 Å². The van der Waals surface area contributed by atoms with Gasteiger partial charge in [-0.25, -0.2) is 13.6 Å². The zero-order chi connectivity index (χ0) is 10.8. The summed E-state index contributed by atoms with van der Waals surface area (Å²) in [6.07, 6.45) is 0. The van der Waals surface area contributed by atoms with Gasteiger partial charge < -0.3 is 10.1 Å². The van der Waals surface area contributed by atoms with E-state index in [9.17, 15) is 13.2 Å². The van der Waals surface area contributed by atoms with Gasteiger partial charge in [0.05, 0.1) is 10.8 Å². The fourth-order valence-electron chi connectivity index (χ4n) is 0.892. The minimum atomic E-state index is -3.67. The summed E-state index contributed by atoms with van der Waals surface area (Å²) in [6, 6.07) is 5.44. The third kappa shape index (κ3) is 4.76. The Morgan fingerprint density at radius 2 is 1.73 bits per heavy atom. The minimum absolute atomic E-state index is 0. The maximum absolute atomic E-state index is 10.8. The molecule has 0 aliphatic rings. The molecule has 1 rings (SSSR count). The molecule has 0 aromatic heterocycles. The Morgan fingerprint density at radius 1 is 1.27 bits per heavy atom. The van der Waals surface area contributed by atoms with Crippen LogP contribution in [-0.4, -0.2) is 14.3 Å². The quantitative estimate of drug-likeness (QED) is 0.596. The summed E-state index contributed by atoms with van der Waals surface area (Å²) in [5.41, 5.74) is 0.407. The zero-order valence-electron chi connectivity index (χ0n) is 8.47. The van der Waals surface area contributed by atoms with Crippen molar-refractivity contribution in [1.82, 2.24) is 0 Å². The molecule has 15 heavy (non-hydrogen) atoms. The van der Waals surface area contributed by atoms with Gasteiger partial charge in [0.15, 0.2) is 0 Å². The molecule has 0 saturated carbocycles. The number of sulfonamides is 1. The number of amides is 1. The van der Waals surface area contributed by atoms with Crippen molar-refractivity contribution in [2.45, 2.75) is 11.8 Å². The van der Waals surface area contributed by atoms with Crippen molar-refractivity contribution in [1.29, 1.82) is 0 Å². The Kier molecular flexibility index (Phi) is 5.47. The largest absolute Gasteiger partial charge is 1.00 e. The first-order valence-electron chi connectivity index (χ1n) is 3.75. The number of nitrogens with two attached hydrogens (primary N) is 1. The SMILES string of the molecule is CC(=O)[N-]c1ccc(S(N)(=O)=O)cc1.[Na+]. The predicted octanol–water partition coefficient (Wildman–Crippen LogP) is -2.11. The average Bonchev–Trinajstić information content (AvgIpc) is 2.02. The molecule has 5 nitrogen and oxygen atoms in total. The van der Waals surface area contributed by atoms with Gasteiger partial charge in [-0.3, -0.25) is 0 Å². The van der Waals surface area contributed by atoms with Crippen LogP contribution >= 0.6 is 0 Å². The molecule has 0 aliphatic heterocycles. The van der Waals surface area contributed by atoms with Crippen molar-refractivity contribution in [3.05, 3.63) is 29.6 Å². The Morgan fingerprint density at radius 3 is 2.07 bits per heavy atom. The maximum Gasteiger partial charge on any atom is 1.00 e. The van der Waals surface area contributed by atoms with E-state index in [4.69, 9.17) is 5.14 Å². The van der Waals surface area contributed by atoms with Gasteiger partial charge in [0.1, 0.15) is 0 Å². The Labute approximate surface area is 110 Å². The number of carbonyl (C=O) groups excluding carboxylic acids is 1. The third-order valence-electron chi connectivity index (χ3n) is 1.45. The second kappa shape index (κ2) is 5.62. The molecular weight excluding hydrogens is 227 g/mol. The monoisotopic (exact) mass is 236 g/mol. The van der Waals surface area contributed by atoms with Gasteiger partial charge in [0.25, 0.3) is 0 Å². The van der Waals surface area contributed by atoms with Crippen LogP contribution in [-0.2, 0) is 14.8 Å². The van der Waals surface area contributed by atoms with Gasteiger partial charge in [0.2, 0.25) is 10.0 Å². The molecule has 0 spiro atoms. The molecule has 0 saturated heterocycles. The van der Waals surface area contributed by atoms with E-state index in [2.05, 4.69) is 5.32 Å². The topological polar surface area (TPSA) is 91.3 Å². The summed E-state index contributed by atoms with van der Waals surface area (Å²) in [6.45, 7) is 1.31. The van der Waals surface area contributed by atoms with Crippen LogP contribution in [0, 0.1) is 0 Å². The van der Waals surface area contributed by atoms with E-state index in [0.29, 0.717) is 5.69 Å². The van der Waals surface area contributed by atoms with E-state index in [0.717, 1.165) is 0 Å². The normalized spacial score (nSPS) is 10.3. The van der Waals surface area contributed by atoms with Crippen molar-refractivity contribution in [3.8, 4) is 0 Å². The van der Waals surface area contributed by atoms with E-state index in [1.165, 1.54) is 31.2 Å². The first-order valence-corrected chi connectivity index (χ1v) is 5.29. The van der Waals surface area contributed by atoms with Crippen LogP contribution in [0.3, 0.4) is 0 Å². The smallest absolute Gasteiger partial charge is 0.627 e. The van der Waals surface area contributed by atoms with E-state index in [1.807, 2.05) is 0 Å². The molecule has 0 bridgehead atoms. The van der Waals surface area contributed by atoms with Gasteiger partial charge in [-0.15, -0.1) is 5.69 Å². The fraction of sp³-hybridized carbons (Fsp3) is 0.125. The third-order valence-corrected chi connectivity index (χ3v) is 2.38. The van der Waals surface area contributed by atoms with Gasteiger partial charge >= 0.3 is 29.6 Å². The first-order chi connectivity index (χ1) is 6.39. The molecule has 0 heterocycles. The summed E-state index contributed by atoms with van der Waals surface area (Å²) in [4.78, 5) is 10.6. The Balaban J connectivity index is 0.00000196. The molecule has 1 aromatic rings. The fourth-order valence-corrected chi connectivity index (χ4v) is 1.41. The van der Waals surface area contributed by atoms with Crippen LogP contribution in [0.25, 0.3) is 5.32 Å². The summed E-state index contributed by atoms with van der Waals surface area (Å²) in [5.74, 6) is -0.339. The van der Waals surface area contributed by atoms with E-state index < -0.39 is 10.0 Å². The number of hydrogen-bond acceptors (Lipinski definition) is 3. The van der Waals surface area contributed by atoms with Crippen molar-refractivity contribution in [3.63, 3.8) is 0 Å². The van der Waals surface area contributed by atoms with Crippen LogP contribution in [0.15, 0.2) is 29.2 Å². The van der Waals surface area contributed by atoms with Crippen LogP contribution < -0.4 is 34.7 Å². The van der Waals surface area contributed by atoms with Crippen LogP contribution in [0.1, 0.15) is 6.92 Å². The maximum atomic E-state index is 10.8. The molecule has 0 unspecified atom stereocenters. The average molecular weight is 236 g/mol. The molecule has 7 heteroatoms. The van der Waals surface area contributed by atoms with Crippen LogP contribution in [0.5, 0.6) is 0 Å². The molecule has 0 aliphatic carbocycles. The van der Waals surface area contributed by atoms with E-state index in [-0.39, 0.29) is 40.4 Å². The Hall–Kier alpha value is -0.400. The molecule has 1 amide bonds. The number of hydrogen-bond donors (Lipinski definition) is 1. The number of benzene rings is 1. The summed E-state index contributed by atoms with van der Waals surface area (Å²) >= 11 is 0. The van der Waals surface area contributed by atoms with Crippen molar-refractivity contribution >= 4 is 21.6 Å². The number of nitrogens with zero attached hydrogens (tertiary/aromatic N) is 1. The molecular formula is C8H9N2NaO3S. The molecule has 0 radical (unpaired) electrons. The number of carbonyl (C=O) groups is 1. The second-order valence-corrected chi connectivity index (χ2v) is 4.23. The number of rotatable bonds is 2. The minimum Gasteiger partial charge on any atom is -0.627 e. The molecule has 0 fully saturated rings. The van der Waals surface area contributed by atoms with Gasteiger partial charge in [-0.2, -0.15) is 0 Å². The van der Waals surface area contributed by atoms with Crippen molar-refractivity contribution < 1.29 is 42.8 Å².